The summed E-state index contributed by atoms with van der Waals surface area (Å²) in [4.78, 5) is 31.3. The number of carbonyl (C=O) groups excluding carboxylic acids is 1. The SMILES string of the molecule is Cc1cccc2c(=O)n(CC(=O)NCCCN(C)Cc3ccccc3)cnc12. The summed E-state index contributed by atoms with van der Waals surface area (Å²) < 4.78 is 1.36. The average Bonchev–Trinajstić information content (AvgIpc) is 2.69. The monoisotopic (exact) mass is 378 g/mol. The van der Waals surface area contributed by atoms with Crippen molar-refractivity contribution in [2.45, 2.75) is 26.4 Å². The maximum Gasteiger partial charge on any atom is 0.261 e. The molecule has 1 aromatic heterocycles. The molecule has 146 valence electrons. The van der Waals surface area contributed by atoms with E-state index in [1.807, 2.05) is 37.3 Å². The van der Waals surface area contributed by atoms with Crippen molar-refractivity contribution in [3.8, 4) is 0 Å². The van der Waals surface area contributed by atoms with Crippen LogP contribution >= 0.6 is 0 Å². The van der Waals surface area contributed by atoms with Gasteiger partial charge in [0.15, 0.2) is 0 Å². The van der Waals surface area contributed by atoms with Gasteiger partial charge in [-0.3, -0.25) is 14.2 Å². The van der Waals surface area contributed by atoms with Gasteiger partial charge in [0.2, 0.25) is 5.91 Å². The molecule has 0 radical (unpaired) electrons. The summed E-state index contributed by atoms with van der Waals surface area (Å²) in [6.45, 7) is 4.24. The fourth-order valence-electron chi connectivity index (χ4n) is 3.21. The van der Waals surface area contributed by atoms with E-state index in [4.69, 9.17) is 0 Å². The van der Waals surface area contributed by atoms with Gasteiger partial charge in [-0.15, -0.1) is 0 Å². The van der Waals surface area contributed by atoms with Crippen LogP contribution in [0.15, 0.2) is 59.7 Å². The zero-order valence-electron chi connectivity index (χ0n) is 16.4. The molecule has 0 spiro atoms. The van der Waals surface area contributed by atoms with Crippen molar-refractivity contribution < 1.29 is 4.79 Å². The van der Waals surface area contributed by atoms with E-state index in [0.29, 0.717) is 17.4 Å². The first-order valence-corrected chi connectivity index (χ1v) is 9.48. The standard InChI is InChI=1S/C22H26N4O2/c1-17-8-6-11-19-21(17)24-16-26(22(19)28)15-20(27)23-12-7-13-25(2)14-18-9-4-3-5-10-18/h3-6,8-11,16H,7,12-15H2,1-2H3,(H,23,27). The maximum absolute atomic E-state index is 12.5. The average molecular weight is 378 g/mol. The third-order valence-corrected chi connectivity index (χ3v) is 4.70. The van der Waals surface area contributed by atoms with Gasteiger partial charge in [0.05, 0.1) is 17.2 Å². The molecule has 6 nitrogen and oxygen atoms in total. The molecule has 0 fully saturated rings. The number of fused-ring (bicyclic) bond motifs is 1. The second kappa shape index (κ2) is 9.28. The number of aromatic nitrogens is 2. The fourth-order valence-corrected chi connectivity index (χ4v) is 3.21. The Kier molecular flexibility index (Phi) is 6.55. The van der Waals surface area contributed by atoms with E-state index in [2.05, 4.69) is 34.4 Å². The molecule has 0 aliphatic carbocycles. The van der Waals surface area contributed by atoms with Gasteiger partial charge in [0, 0.05) is 13.1 Å². The lowest BCUT2D eigenvalue weighted by atomic mass is 10.1. The van der Waals surface area contributed by atoms with Gasteiger partial charge in [0.1, 0.15) is 6.54 Å². The minimum atomic E-state index is -0.188. The molecule has 0 aliphatic heterocycles. The predicted octanol–water partition coefficient (Wildman–Crippen LogP) is 2.34. The number of para-hydroxylation sites is 1. The summed E-state index contributed by atoms with van der Waals surface area (Å²) in [5.41, 5.74) is 2.72. The number of carbonyl (C=O) groups is 1. The van der Waals surface area contributed by atoms with Crippen molar-refractivity contribution in [2.24, 2.45) is 0 Å². The predicted molar refractivity (Wildman–Crippen MR) is 111 cm³/mol. The second-order valence-corrected chi connectivity index (χ2v) is 7.08. The first-order chi connectivity index (χ1) is 13.5. The molecule has 3 rings (SSSR count). The van der Waals surface area contributed by atoms with E-state index in [-0.39, 0.29) is 18.0 Å². The molecule has 0 aliphatic rings. The van der Waals surface area contributed by atoms with Crippen LogP contribution in [0.2, 0.25) is 0 Å². The largest absolute Gasteiger partial charge is 0.354 e. The molecule has 28 heavy (non-hydrogen) atoms. The van der Waals surface area contributed by atoms with Crippen molar-refractivity contribution in [3.63, 3.8) is 0 Å². The Morgan fingerprint density at radius 2 is 1.93 bits per heavy atom. The molecule has 0 unspecified atom stereocenters. The van der Waals surface area contributed by atoms with Gasteiger partial charge >= 0.3 is 0 Å². The first kappa shape index (κ1) is 19.8. The lowest BCUT2D eigenvalue weighted by molar-refractivity contribution is -0.121. The summed E-state index contributed by atoms with van der Waals surface area (Å²) in [7, 11) is 2.07. The van der Waals surface area contributed by atoms with Gasteiger partial charge in [-0.2, -0.15) is 0 Å². The number of aryl methyl sites for hydroxylation is 1. The van der Waals surface area contributed by atoms with Crippen molar-refractivity contribution in [1.82, 2.24) is 19.8 Å². The summed E-state index contributed by atoms with van der Waals surface area (Å²) in [5.74, 6) is -0.179. The Morgan fingerprint density at radius 1 is 1.14 bits per heavy atom. The Bertz CT molecular complexity index is 998. The highest BCUT2D eigenvalue weighted by atomic mass is 16.2. The second-order valence-electron chi connectivity index (χ2n) is 7.08. The third kappa shape index (κ3) is 5.04. The Hall–Kier alpha value is -2.99. The van der Waals surface area contributed by atoms with E-state index >= 15 is 0 Å². The Morgan fingerprint density at radius 3 is 2.71 bits per heavy atom. The van der Waals surface area contributed by atoms with Crippen LogP contribution in [-0.4, -0.2) is 40.5 Å². The molecule has 0 saturated carbocycles. The highest BCUT2D eigenvalue weighted by Gasteiger charge is 2.09. The van der Waals surface area contributed by atoms with E-state index < -0.39 is 0 Å². The summed E-state index contributed by atoms with van der Waals surface area (Å²) >= 11 is 0. The summed E-state index contributed by atoms with van der Waals surface area (Å²) in [5, 5.41) is 3.42. The van der Waals surface area contributed by atoms with Crippen LogP contribution in [0.4, 0.5) is 0 Å². The number of nitrogens with zero attached hydrogens (tertiary/aromatic N) is 3. The molecule has 2 aromatic carbocycles. The zero-order valence-corrected chi connectivity index (χ0v) is 16.4. The van der Waals surface area contributed by atoms with Crippen LogP contribution in [0.25, 0.3) is 10.9 Å². The Balaban J connectivity index is 1.46. The number of hydrogen-bond acceptors (Lipinski definition) is 4. The highest BCUT2D eigenvalue weighted by molar-refractivity contribution is 5.81. The minimum Gasteiger partial charge on any atom is -0.354 e. The third-order valence-electron chi connectivity index (χ3n) is 4.70. The molecule has 3 aromatic rings. The molecule has 0 saturated heterocycles. The molecular formula is C22H26N4O2. The van der Waals surface area contributed by atoms with Gasteiger partial charge in [-0.1, -0.05) is 42.5 Å². The van der Waals surface area contributed by atoms with Crippen LogP contribution in [0.3, 0.4) is 0 Å². The van der Waals surface area contributed by atoms with E-state index in [1.165, 1.54) is 16.5 Å². The van der Waals surface area contributed by atoms with Crippen LogP contribution in [0, 0.1) is 6.92 Å². The molecule has 1 N–H and O–H groups in total. The number of nitrogens with one attached hydrogen (secondary N) is 1. The molecule has 1 heterocycles. The quantitative estimate of drug-likeness (QED) is 0.611. The van der Waals surface area contributed by atoms with Crippen molar-refractivity contribution in [3.05, 3.63) is 76.3 Å². The van der Waals surface area contributed by atoms with E-state index in [0.717, 1.165) is 25.1 Å². The van der Waals surface area contributed by atoms with Gasteiger partial charge in [-0.25, -0.2) is 4.98 Å². The normalized spacial score (nSPS) is 11.1. The Labute approximate surface area is 164 Å². The van der Waals surface area contributed by atoms with Crippen molar-refractivity contribution in [2.75, 3.05) is 20.1 Å². The van der Waals surface area contributed by atoms with E-state index in [9.17, 15) is 9.59 Å². The van der Waals surface area contributed by atoms with Crippen LogP contribution in [0.5, 0.6) is 0 Å². The fraction of sp³-hybridized carbons (Fsp3) is 0.318. The number of rotatable bonds is 8. The lowest BCUT2D eigenvalue weighted by Crippen LogP contribution is -2.34. The zero-order chi connectivity index (χ0) is 19.9. The van der Waals surface area contributed by atoms with Crippen LogP contribution < -0.4 is 10.9 Å². The first-order valence-electron chi connectivity index (χ1n) is 9.48. The summed E-state index contributed by atoms with van der Waals surface area (Å²) in [6, 6.07) is 15.8. The summed E-state index contributed by atoms with van der Waals surface area (Å²) in [6.07, 6.45) is 2.30. The van der Waals surface area contributed by atoms with Crippen LogP contribution in [0.1, 0.15) is 17.5 Å². The van der Waals surface area contributed by atoms with E-state index in [1.54, 1.807) is 6.07 Å². The number of benzene rings is 2. The van der Waals surface area contributed by atoms with Crippen LogP contribution in [-0.2, 0) is 17.9 Å². The van der Waals surface area contributed by atoms with Gasteiger partial charge < -0.3 is 10.2 Å². The molecule has 0 atom stereocenters. The smallest absolute Gasteiger partial charge is 0.261 e. The highest BCUT2D eigenvalue weighted by Crippen LogP contribution is 2.11. The number of amides is 1. The molecule has 6 heteroatoms. The molecular weight excluding hydrogens is 352 g/mol. The van der Waals surface area contributed by atoms with Gasteiger partial charge in [0.25, 0.3) is 5.56 Å². The molecule has 1 amide bonds. The van der Waals surface area contributed by atoms with Crippen molar-refractivity contribution in [1.29, 1.82) is 0 Å². The molecule has 0 bridgehead atoms. The lowest BCUT2D eigenvalue weighted by Gasteiger charge is -2.16. The number of hydrogen-bond donors (Lipinski definition) is 1. The maximum atomic E-state index is 12.5. The minimum absolute atomic E-state index is 0.0183. The van der Waals surface area contributed by atoms with Gasteiger partial charge in [-0.05, 0) is 44.1 Å². The van der Waals surface area contributed by atoms with Crippen molar-refractivity contribution >= 4 is 16.8 Å². The topological polar surface area (TPSA) is 67.2 Å².